The minimum atomic E-state index is 0.134. The van der Waals surface area contributed by atoms with E-state index < -0.39 is 0 Å². The molecule has 3 rings (SSSR count). The summed E-state index contributed by atoms with van der Waals surface area (Å²) in [5.74, 6) is 1.81. The molecule has 0 radical (unpaired) electrons. The lowest BCUT2D eigenvalue weighted by Crippen LogP contribution is -2.22. The van der Waals surface area contributed by atoms with Crippen LogP contribution in [0.5, 0.6) is 0 Å². The van der Waals surface area contributed by atoms with Crippen molar-refractivity contribution >= 4 is 5.78 Å². The summed E-state index contributed by atoms with van der Waals surface area (Å²) < 4.78 is 11.0. The maximum absolute atomic E-state index is 11.5. The first kappa shape index (κ1) is 12.8. The van der Waals surface area contributed by atoms with Crippen molar-refractivity contribution in [3.63, 3.8) is 0 Å². The molecular weight excluding hydrogens is 244 g/mol. The summed E-state index contributed by atoms with van der Waals surface area (Å²) in [6.07, 6.45) is 7.57. The molecule has 0 spiro atoms. The molecule has 104 valence electrons. The number of hydrogen-bond donors (Lipinski definition) is 0. The van der Waals surface area contributed by atoms with Gasteiger partial charge in [0.25, 0.3) is 0 Å². The van der Waals surface area contributed by atoms with Crippen LogP contribution in [0.3, 0.4) is 0 Å². The molecule has 0 bridgehead atoms. The fraction of sp³-hybridized carbons (Fsp3) is 0.786. The number of ketones is 1. The van der Waals surface area contributed by atoms with Crippen molar-refractivity contribution in [2.75, 3.05) is 6.61 Å². The maximum Gasteiger partial charge on any atom is 0.230 e. The Labute approximate surface area is 112 Å². The molecule has 19 heavy (non-hydrogen) atoms. The van der Waals surface area contributed by atoms with Gasteiger partial charge in [-0.2, -0.15) is 4.98 Å². The molecule has 1 saturated carbocycles. The quantitative estimate of drug-likeness (QED) is 0.838. The SMILES string of the molecule is O=C1CCCC(c2nc(CC3CCCCO3)no2)C1. The van der Waals surface area contributed by atoms with Crippen molar-refractivity contribution in [2.24, 2.45) is 0 Å². The third kappa shape index (κ3) is 3.21. The van der Waals surface area contributed by atoms with Crippen molar-refractivity contribution in [3.8, 4) is 0 Å². The van der Waals surface area contributed by atoms with Gasteiger partial charge in [-0.25, -0.2) is 0 Å². The fourth-order valence-corrected chi connectivity index (χ4v) is 2.92. The Kier molecular flexibility index (Phi) is 3.92. The first-order valence-corrected chi connectivity index (χ1v) is 7.27. The highest BCUT2D eigenvalue weighted by Gasteiger charge is 2.26. The largest absolute Gasteiger partial charge is 0.378 e. The predicted octanol–water partition coefficient (Wildman–Crippen LogP) is 2.41. The summed E-state index contributed by atoms with van der Waals surface area (Å²) in [7, 11) is 0. The number of carbonyl (C=O) groups is 1. The van der Waals surface area contributed by atoms with E-state index in [0.717, 1.165) is 44.5 Å². The van der Waals surface area contributed by atoms with E-state index in [1.165, 1.54) is 6.42 Å². The molecule has 0 aromatic carbocycles. The van der Waals surface area contributed by atoms with Gasteiger partial charge < -0.3 is 9.26 Å². The summed E-state index contributed by atoms with van der Waals surface area (Å²) in [6.45, 7) is 0.840. The molecule has 2 atom stereocenters. The average molecular weight is 264 g/mol. The summed E-state index contributed by atoms with van der Waals surface area (Å²) in [5, 5.41) is 4.03. The van der Waals surface area contributed by atoms with E-state index >= 15 is 0 Å². The molecule has 0 N–H and O–H groups in total. The normalized spacial score (nSPS) is 28.5. The zero-order chi connectivity index (χ0) is 13.1. The van der Waals surface area contributed by atoms with E-state index in [4.69, 9.17) is 9.26 Å². The highest BCUT2D eigenvalue weighted by molar-refractivity contribution is 5.79. The van der Waals surface area contributed by atoms with E-state index in [-0.39, 0.29) is 12.0 Å². The Hall–Kier alpha value is -1.23. The van der Waals surface area contributed by atoms with Gasteiger partial charge in [-0.1, -0.05) is 5.16 Å². The molecule has 2 heterocycles. The van der Waals surface area contributed by atoms with Gasteiger partial charge in [0.1, 0.15) is 5.78 Å². The van der Waals surface area contributed by atoms with E-state index in [0.29, 0.717) is 24.5 Å². The van der Waals surface area contributed by atoms with Gasteiger partial charge in [0.2, 0.25) is 5.89 Å². The number of carbonyl (C=O) groups excluding carboxylic acids is 1. The van der Waals surface area contributed by atoms with Gasteiger partial charge in [-0.3, -0.25) is 4.79 Å². The lowest BCUT2D eigenvalue weighted by atomic mass is 9.88. The van der Waals surface area contributed by atoms with E-state index in [1.54, 1.807) is 0 Å². The second kappa shape index (κ2) is 5.82. The molecular formula is C14H20N2O3. The van der Waals surface area contributed by atoms with E-state index in [1.807, 2.05) is 0 Å². The lowest BCUT2D eigenvalue weighted by molar-refractivity contribution is -0.120. The smallest absolute Gasteiger partial charge is 0.230 e. The van der Waals surface area contributed by atoms with Crippen LogP contribution in [-0.2, 0) is 16.0 Å². The number of nitrogens with zero attached hydrogens (tertiary/aromatic N) is 2. The van der Waals surface area contributed by atoms with Crippen LogP contribution in [0.25, 0.3) is 0 Å². The van der Waals surface area contributed by atoms with Crippen LogP contribution in [-0.4, -0.2) is 28.6 Å². The highest BCUT2D eigenvalue weighted by Crippen LogP contribution is 2.30. The Morgan fingerprint density at radius 2 is 2.16 bits per heavy atom. The minimum Gasteiger partial charge on any atom is -0.378 e. The molecule has 2 aliphatic rings. The fourth-order valence-electron chi connectivity index (χ4n) is 2.92. The molecule has 5 heteroatoms. The van der Waals surface area contributed by atoms with Crippen LogP contribution in [0.4, 0.5) is 0 Å². The summed E-state index contributed by atoms with van der Waals surface area (Å²) in [4.78, 5) is 15.9. The number of ether oxygens (including phenoxy) is 1. The van der Waals surface area contributed by atoms with Gasteiger partial charge in [0.05, 0.1) is 6.10 Å². The van der Waals surface area contributed by atoms with Crippen molar-refractivity contribution in [1.82, 2.24) is 10.1 Å². The number of Topliss-reactive ketones (excluding diaryl/α,β-unsaturated/α-hetero) is 1. The molecule has 1 aliphatic carbocycles. The van der Waals surface area contributed by atoms with Crippen molar-refractivity contribution in [1.29, 1.82) is 0 Å². The van der Waals surface area contributed by atoms with E-state index in [9.17, 15) is 4.79 Å². The Morgan fingerprint density at radius 1 is 1.21 bits per heavy atom. The van der Waals surface area contributed by atoms with Gasteiger partial charge in [0.15, 0.2) is 5.82 Å². The van der Waals surface area contributed by atoms with Gasteiger partial charge in [-0.05, 0) is 32.1 Å². The minimum absolute atomic E-state index is 0.134. The first-order chi connectivity index (χ1) is 9.31. The average Bonchev–Trinajstić information content (AvgIpc) is 2.88. The third-order valence-corrected chi connectivity index (χ3v) is 4.00. The molecule has 1 aromatic heterocycles. The standard InChI is InChI=1S/C14H20N2O3/c17-11-5-3-4-10(8-11)14-15-13(16-19-14)9-12-6-1-2-7-18-12/h10,12H,1-9H2. The van der Waals surface area contributed by atoms with Crippen LogP contribution >= 0.6 is 0 Å². The molecule has 2 unspecified atom stereocenters. The Bertz CT molecular complexity index is 438. The molecule has 1 saturated heterocycles. The Morgan fingerprint density at radius 3 is 2.95 bits per heavy atom. The topological polar surface area (TPSA) is 65.2 Å². The molecule has 1 aliphatic heterocycles. The second-order valence-corrected chi connectivity index (χ2v) is 5.57. The Balaban J connectivity index is 1.60. The first-order valence-electron chi connectivity index (χ1n) is 7.27. The van der Waals surface area contributed by atoms with Gasteiger partial charge >= 0.3 is 0 Å². The zero-order valence-corrected chi connectivity index (χ0v) is 11.1. The maximum atomic E-state index is 11.5. The molecule has 2 fully saturated rings. The number of hydrogen-bond acceptors (Lipinski definition) is 5. The van der Waals surface area contributed by atoms with Crippen LogP contribution < -0.4 is 0 Å². The van der Waals surface area contributed by atoms with Crippen LogP contribution in [0.15, 0.2) is 4.52 Å². The van der Waals surface area contributed by atoms with Crippen LogP contribution in [0.1, 0.15) is 62.6 Å². The summed E-state index contributed by atoms with van der Waals surface area (Å²) in [5.41, 5.74) is 0. The monoisotopic (exact) mass is 264 g/mol. The summed E-state index contributed by atoms with van der Waals surface area (Å²) in [6, 6.07) is 0. The van der Waals surface area contributed by atoms with Gasteiger partial charge in [-0.15, -0.1) is 0 Å². The lowest BCUT2D eigenvalue weighted by Gasteiger charge is -2.20. The van der Waals surface area contributed by atoms with Gasteiger partial charge in [0, 0.05) is 31.8 Å². The third-order valence-electron chi connectivity index (χ3n) is 4.00. The van der Waals surface area contributed by atoms with Crippen LogP contribution in [0.2, 0.25) is 0 Å². The van der Waals surface area contributed by atoms with Crippen molar-refractivity contribution in [3.05, 3.63) is 11.7 Å². The van der Waals surface area contributed by atoms with Crippen LogP contribution in [0, 0.1) is 0 Å². The predicted molar refractivity (Wildman–Crippen MR) is 67.8 cm³/mol. The van der Waals surface area contributed by atoms with E-state index in [2.05, 4.69) is 10.1 Å². The molecule has 5 nitrogen and oxygen atoms in total. The second-order valence-electron chi connectivity index (χ2n) is 5.57. The highest BCUT2D eigenvalue weighted by atomic mass is 16.5. The van der Waals surface area contributed by atoms with Crippen molar-refractivity contribution < 1.29 is 14.1 Å². The molecule has 1 aromatic rings. The summed E-state index contributed by atoms with van der Waals surface area (Å²) >= 11 is 0. The molecule has 0 amide bonds. The number of aromatic nitrogens is 2. The van der Waals surface area contributed by atoms with Crippen molar-refractivity contribution in [2.45, 2.75) is 63.4 Å². The zero-order valence-electron chi connectivity index (χ0n) is 11.1. The number of rotatable bonds is 3.